The Morgan fingerprint density at radius 2 is 1.86 bits per heavy atom. The van der Waals surface area contributed by atoms with E-state index in [0.717, 1.165) is 5.57 Å². The Hall–Kier alpha value is -3.56. The first-order valence-corrected chi connectivity index (χ1v) is 8.95. The maximum atomic E-state index is 9.76. The molecule has 0 aliphatic carbocycles. The van der Waals surface area contributed by atoms with Gasteiger partial charge in [0, 0.05) is 5.57 Å². The average molecular weight is 372 g/mol. The molecule has 0 unspecified atom stereocenters. The van der Waals surface area contributed by atoms with Crippen molar-refractivity contribution in [2.75, 3.05) is 11.6 Å². The van der Waals surface area contributed by atoms with E-state index in [1.165, 1.54) is 0 Å². The van der Waals surface area contributed by atoms with Gasteiger partial charge in [0.1, 0.15) is 28.9 Å². The second kappa shape index (κ2) is 6.87. The molecule has 0 fully saturated rings. The number of fused-ring (bicyclic) bond motifs is 1. The number of hydrogen-bond donors (Lipinski definition) is 1. The highest BCUT2D eigenvalue weighted by atomic mass is 16.5. The third-order valence-electron chi connectivity index (χ3n) is 4.53. The standard InChI is InChI=1S/C22H20N4O2/c1-22(2)12-16-17(13-23)21(24)26(25-18(16)14-27-22)19-10-6-7-11-20(19)28-15-8-4-3-5-9-15/h3-12H,14,24H2,1-2H3. The maximum absolute atomic E-state index is 9.76. The number of nitrogens with two attached hydrogens (primary N) is 1. The number of para-hydroxylation sites is 3. The molecular weight excluding hydrogens is 352 g/mol. The second-order valence-corrected chi connectivity index (χ2v) is 7.06. The van der Waals surface area contributed by atoms with Crippen LogP contribution in [-0.4, -0.2) is 17.9 Å². The molecule has 0 spiro atoms. The molecule has 0 atom stereocenters. The van der Waals surface area contributed by atoms with Crippen molar-refractivity contribution in [2.24, 2.45) is 10.8 Å². The van der Waals surface area contributed by atoms with Gasteiger partial charge in [-0.3, -0.25) is 0 Å². The van der Waals surface area contributed by atoms with Crippen LogP contribution in [0.25, 0.3) is 0 Å². The SMILES string of the molecule is CC1(C)C=C2C(=NN(c3ccccc3Oc3ccccc3)C(N)=C2C#N)CO1. The summed E-state index contributed by atoms with van der Waals surface area (Å²) >= 11 is 0. The normalized spacial score (nSPS) is 18.0. The number of ether oxygens (including phenoxy) is 2. The van der Waals surface area contributed by atoms with Crippen LogP contribution < -0.4 is 15.5 Å². The first-order valence-electron chi connectivity index (χ1n) is 8.95. The number of anilines is 1. The van der Waals surface area contributed by atoms with Crippen LogP contribution in [0, 0.1) is 11.3 Å². The van der Waals surface area contributed by atoms with E-state index in [2.05, 4.69) is 11.2 Å². The van der Waals surface area contributed by atoms with E-state index >= 15 is 0 Å². The van der Waals surface area contributed by atoms with Crippen LogP contribution in [0.2, 0.25) is 0 Å². The number of nitriles is 1. The summed E-state index contributed by atoms with van der Waals surface area (Å²) in [5, 5.41) is 16.0. The van der Waals surface area contributed by atoms with E-state index in [1.54, 1.807) is 5.01 Å². The number of rotatable bonds is 3. The number of nitrogens with zero attached hydrogens (tertiary/aromatic N) is 3. The molecule has 2 aliphatic heterocycles. The predicted molar refractivity (Wildman–Crippen MR) is 108 cm³/mol. The van der Waals surface area contributed by atoms with Crippen molar-refractivity contribution in [3.63, 3.8) is 0 Å². The number of benzene rings is 2. The fourth-order valence-corrected chi connectivity index (χ4v) is 3.16. The van der Waals surface area contributed by atoms with Crippen LogP contribution >= 0.6 is 0 Å². The third-order valence-corrected chi connectivity index (χ3v) is 4.53. The summed E-state index contributed by atoms with van der Waals surface area (Å²) in [6.07, 6.45) is 1.89. The molecule has 0 radical (unpaired) electrons. The highest BCUT2D eigenvalue weighted by Gasteiger charge is 2.34. The van der Waals surface area contributed by atoms with E-state index < -0.39 is 5.60 Å². The van der Waals surface area contributed by atoms with E-state index in [-0.39, 0.29) is 5.82 Å². The van der Waals surface area contributed by atoms with Gasteiger partial charge in [-0.25, -0.2) is 5.01 Å². The number of allylic oxidation sites excluding steroid dienone is 1. The van der Waals surface area contributed by atoms with Gasteiger partial charge in [0.15, 0.2) is 5.75 Å². The molecule has 2 aromatic rings. The monoisotopic (exact) mass is 372 g/mol. The molecule has 2 aromatic carbocycles. The molecule has 2 aliphatic rings. The van der Waals surface area contributed by atoms with Gasteiger partial charge >= 0.3 is 0 Å². The Morgan fingerprint density at radius 3 is 2.61 bits per heavy atom. The average Bonchev–Trinajstić information content (AvgIpc) is 2.69. The van der Waals surface area contributed by atoms with Crippen LogP contribution in [0.4, 0.5) is 5.69 Å². The summed E-state index contributed by atoms with van der Waals surface area (Å²) in [5.41, 5.74) is 8.31. The lowest BCUT2D eigenvalue weighted by molar-refractivity contribution is 0.0409. The quantitative estimate of drug-likeness (QED) is 0.877. The number of hydrogen-bond acceptors (Lipinski definition) is 6. The van der Waals surface area contributed by atoms with Crippen molar-refractivity contribution < 1.29 is 9.47 Å². The van der Waals surface area contributed by atoms with E-state index in [1.807, 2.05) is 74.5 Å². The molecule has 6 nitrogen and oxygen atoms in total. The molecule has 140 valence electrons. The van der Waals surface area contributed by atoms with E-state index in [4.69, 9.17) is 15.2 Å². The number of hydrazone groups is 1. The van der Waals surface area contributed by atoms with Crippen molar-refractivity contribution in [3.05, 3.63) is 77.6 Å². The Kier molecular flexibility index (Phi) is 4.38. The summed E-state index contributed by atoms with van der Waals surface area (Å²) in [6, 6.07) is 19.1. The zero-order valence-electron chi connectivity index (χ0n) is 15.7. The summed E-state index contributed by atoms with van der Waals surface area (Å²) < 4.78 is 11.9. The highest BCUT2D eigenvalue weighted by molar-refractivity contribution is 6.08. The van der Waals surface area contributed by atoms with Crippen molar-refractivity contribution in [1.29, 1.82) is 5.26 Å². The van der Waals surface area contributed by atoms with Gasteiger partial charge < -0.3 is 15.2 Å². The molecular formula is C22H20N4O2. The lowest BCUT2D eigenvalue weighted by Gasteiger charge is -2.34. The van der Waals surface area contributed by atoms with Crippen LogP contribution in [0.1, 0.15) is 13.8 Å². The smallest absolute Gasteiger partial charge is 0.153 e. The lowest BCUT2D eigenvalue weighted by Crippen LogP contribution is -2.39. The van der Waals surface area contributed by atoms with Crippen molar-refractivity contribution in [2.45, 2.75) is 19.4 Å². The van der Waals surface area contributed by atoms with E-state index in [0.29, 0.717) is 35.1 Å². The van der Waals surface area contributed by atoms with Gasteiger partial charge in [0.05, 0.1) is 17.9 Å². The van der Waals surface area contributed by atoms with E-state index in [9.17, 15) is 5.26 Å². The van der Waals surface area contributed by atoms with Gasteiger partial charge in [0.25, 0.3) is 0 Å². The molecule has 0 amide bonds. The Labute approximate surface area is 163 Å². The van der Waals surface area contributed by atoms with Gasteiger partial charge in [-0.15, -0.1) is 0 Å². The molecule has 4 rings (SSSR count). The minimum Gasteiger partial charge on any atom is -0.455 e. The Morgan fingerprint density at radius 1 is 1.14 bits per heavy atom. The van der Waals surface area contributed by atoms with Crippen LogP contribution in [-0.2, 0) is 4.74 Å². The van der Waals surface area contributed by atoms with Crippen molar-refractivity contribution >= 4 is 11.4 Å². The van der Waals surface area contributed by atoms with Gasteiger partial charge in [0.2, 0.25) is 0 Å². The first kappa shape index (κ1) is 17.8. The fourth-order valence-electron chi connectivity index (χ4n) is 3.16. The van der Waals surface area contributed by atoms with Crippen LogP contribution in [0.3, 0.4) is 0 Å². The van der Waals surface area contributed by atoms with Crippen molar-refractivity contribution in [1.82, 2.24) is 0 Å². The zero-order valence-corrected chi connectivity index (χ0v) is 15.7. The summed E-state index contributed by atoms with van der Waals surface area (Å²) in [4.78, 5) is 0. The van der Waals surface area contributed by atoms with Crippen molar-refractivity contribution in [3.8, 4) is 17.6 Å². The summed E-state index contributed by atoms with van der Waals surface area (Å²) in [6.45, 7) is 4.18. The molecule has 0 bridgehead atoms. The first-order chi connectivity index (χ1) is 13.5. The summed E-state index contributed by atoms with van der Waals surface area (Å²) in [5.74, 6) is 1.55. The molecule has 0 saturated heterocycles. The predicted octanol–water partition coefficient (Wildman–Crippen LogP) is 4.08. The summed E-state index contributed by atoms with van der Waals surface area (Å²) in [7, 11) is 0. The van der Waals surface area contributed by atoms with Gasteiger partial charge in [-0.1, -0.05) is 30.3 Å². The third kappa shape index (κ3) is 3.24. The topological polar surface area (TPSA) is 83.9 Å². The minimum atomic E-state index is -0.479. The Bertz CT molecular complexity index is 1050. The zero-order chi connectivity index (χ0) is 19.7. The lowest BCUT2D eigenvalue weighted by atomic mass is 9.92. The largest absolute Gasteiger partial charge is 0.455 e. The molecule has 2 heterocycles. The fraction of sp³-hybridized carbons (Fsp3) is 0.182. The van der Waals surface area contributed by atoms with Gasteiger partial charge in [-0.05, 0) is 44.2 Å². The van der Waals surface area contributed by atoms with Crippen LogP contribution in [0.15, 0.2) is 82.7 Å². The second-order valence-electron chi connectivity index (χ2n) is 7.06. The molecule has 6 heteroatoms. The molecule has 0 saturated carbocycles. The molecule has 28 heavy (non-hydrogen) atoms. The Balaban J connectivity index is 1.79. The molecule has 0 aromatic heterocycles. The van der Waals surface area contributed by atoms with Gasteiger partial charge in [-0.2, -0.15) is 10.4 Å². The van der Waals surface area contributed by atoms with Crippen LogP contribution in [0.5, 0.6) is 11.5 Å². The molecule has 2 N–H and O–H groups in total. The highest BCUT2D eigenvalue weighted by Crippen LogP contribution is 2.38. The maximum Gasteiger partial charge on any atom is 0.153 e. The minimum absolute atomic E-state index is 0.263.